The molecule has 0 atom stereocenters. The third kappa shape index (κ3) is 13.2. The van der Waals surface area contributed by atoms with Crippen molar-refractivity contribution in [2.75, 3.05) is 36.1 Å². The Bertz CT molecular complexity index is 2720. The van der Waals surface area contributed by atoms with Gasteiger partial charge in [0.15, 0.2) is 6.61 Å². The number of ether oxygens (including phenoxy) is 5. The molecule has 0 aliphatic rings. The number of carbonyl (C=O) groups is 3. The molecule has 0 heterocycles. The van der Waals surface area contributed by atoms with Crippen molar-refractivity contribution in [1.29, 1.82) is 0 Å². The number of para-hydroxylation sites is 1. The Morgan fingerprint density at radius 3 is 1.64 bits per heavy atom. The maximum atomic E-state index is 14.5. The maximum absolute atomic E-state index is 14.5. The highest BCUT2D eigenvalue weighted by atomic mass is 19.4. The number of nitrogens with two attached hydrogens (primary N) is 4. The molecule has 6 rings (SSSR count). The molecule has 12 nitrogen and oxygen atoms in total. The van der Waals surface area contributed by atoms with Crippen molar-refractivity contribution in [3.63, 3.8) is 0 Å². The van der Waals surface area contributed by atoms with Gasteiger partial charge in [-0.25, -0.2) is 14.4 Å². The molecule has 0 aliphatic heterocycles. The van der Waals surface area contributed by atoms with Crippen LogP contribution in [0.15, 0.2) is 139 Å². The summed E-state index contributed by atoms with van der Waals surface area (Å²) >= 11 is 0. The Morgan fingerprint density at radius 2 is 1.06 bits per heavy atom. The zero-order valence-electron chi connectivity index (χ0n) is 34.6. The third-order valence-electron chi connectivity index (χ3n) is 9.66. The van der Waals surface area contributed by atoms with Crippen LogP contribution in [-0.4, -0.2) is 43.7 Å². The van der Waals surface area contributed by atoms with Gasteiger partial charge in [0.25, 0.3) is 0 Å². The van der Waals surface area contributed by atoms with Crippen LogP contribution in [0.1, 0.15) is 49.4 Å². The van der Waals surface area contributed by atoms with E-state index in [-0.39, 0.29) is 71.0 Å². The summed E-state index contributed by atoms with van der Waals surface area (Å²) in [4.78, 5) is 41.1. The van der Waals surface area contributed by atoms with E-state index in [2.05, 4.69) is 4.74 Å². The molecule has 18 heteroatoms. The highest BCUT2D eigenvalue weighted by molar-refractivity contribution is 6.03. The number of halogens is 6. The number of aryl methyl sites for hydroxylation is 1. The van der Waals surface area contributed by atoms with Gasteiger partial charge in [-0.15, -0.1) is 13.2 Å². The maximum Gasteiger partial charge on any atom is 0.573 e. The first kappa shape index (κ1) is 47.3. The first-order valence-corrected chi connectivity index (χ1v) is 19.8. The van der Waals surface area contributed by atoms with Crippen LogP contribution >= 0.6 is 0 Å². The number of nitrogen functional groups attached to an aromatic ring is 4. The molecule has 0 aromatic heterocycles. The smallest absolute Gasteiger partial charge is 0.484 e. The Hall–Kier alpha value is -8.15. The molecular weight excluding hydrogens is 875 g/mol. The molecule has 8 N–H and O–H groups in total. The number of benzene rings is 6. The summed E-state index contributed by atoms with van der Waals surface area (Å²) in [5.41, 5.74) is 28.2. The molecule has 66 heavy (non-hydrogen) atoms. The lowest BCUT2D eigenvalue weighted by molar-refractivity contribution is -0.274. The zero-order chi connectivity index (χ0) is 47.6. The van der Waals surface area contributed by atoms with Crippen molar-refractivity contribution in [2.45, 2.75) is 31.8 Å². The number of anilines is 4. The van der Waals surface area contributed by atoms with Gasteiger partial charge in [0, 0.05) is 45.9 Å². The molecule has 0 spiro atoms. The molecule has 0 saturated carbocycles. The van der Waals surface area contributed by atoms with E-state index in [1.165, 1.54) is 54.6 Å². The SMILES string of the molecule is Nc1ccc(N)c(CCOC(=O)/C(CCc2cc(N)ccc2N)=C(/c2ccc(OC(=O)c3ccc(OC(F)(F)F)cc3)cc2)c2ccccc2OC(=O)c2ccc(OCC(F)(F)F)cc2)c1. The molecule has 342 valence electrons. The summed E-state index contributed by atoms with van der Waals surface area (Å²) in [5, 5.41) is 0. The molecule has 6 aromatic rings. The molecular formula is C48H40F6N4O8. The standard InChI is InChI=1S/C48H40F6N4O8/c49-47(50,51)27-63-35-14-7-30(8-15-35)45(60)65-42-4-2-1-3-38(42)43(28-5-16-36(17-6-28)64-44(59)29-9-18-37(19-10-29)66-48(52,53)54)39(20-11-31-25-33(55)12-21-40(31)57)46(61)62-24-23-32-26-34(56)13-22-41(32)58/h1-10,12-19,21-22,25-26H,11,20,23-24,27,55-58H2/b43-39-. The highest BCUT2D eigenvalue weighted by Crippen LogP contribution is 2.38. The summed E-state index contributed by atoms with van der Waals surface area (Å²) < 4.78 is 102. The molecule has 0 bridgehead atoms. The van der Waals surface area contributed by atoms with E-state index in [9.17, 15) is 40.7 Å². The molecule has 0 amide bonds. The first-order chi connectivity index (χ1) is 31.3. The van der Waals surface area contributed by atoms with Crippen LogP contribution in [-0.2, 0) is 22.4 Å². The molecule has 6 aromatic carbocycles. The monoisotopic (exact) mass is 914 g/mol. The largest absolute Gasteiger partial charge is 0.573 e. The average Bonchev–Trinajstić information content (AvgIpc) is 3.27. The number of carbonyl (C=O) groups excluding carboxylic acids is 3. The first-order valence-electron chi connectivity index (χ1n) is 19.8. The van der Waals surface area contributed by atoms with Crippen molar-refractivity contribution < 1.29 is 64.4 Å². The van der Waals surface area contributed by atoms with E-state index in [1.54, 1.807) is 54.6 Å². The second kappa shape index (κ2) is 20.6. The van der Waals surface area contributed by atoms with E-state index < -0.39 is 42.8 Å². The van der Waals surface area contributed by atoms with Crippen LogP contribution in [0.25, 0.3) is 5.57 Å². The fourth-order valence-corrected chi connectivity index (χ4v) is 6.53. The Kier molecular flexibility index (Phi) is 14.8. The van der Waals surface area contributed by atoms with Gasteiger partial charge in [-0.3, -0.25) is 0 Å². The minimum atomic E-state index is -4.93. The number of esters is 3. The summed E-state index contributed by atoms with van der Waals surface area (Å²) in [6.07, 6.45) is -9.17. The number of hydrogen-bond donors (Lipinski definition) is 4. The van der Waals surface area contributed by atoms with E-state index in [1.807, 2.05) is 0 Å². The number of alkyl halides is 6. The summed E-state index contributed by atoms with van der Waals surface area (Å²) in [6, 6.07) is 30.9. The van der Waals surface area contributed by atoms with E-state index >= 15 is 0 Å². The second-order valence-electron chi connectivity index (χ2n) is 14.5. The van der Waals surface area contributed by atoms with E-state index in [4.69, 9.17) is 41.9 Å². The van der Waals surface area contributed by atoms with Crippen molar-refractivity contribution in [1.82, 2.24) is 0 Å². The van der Waals surface area contributed by atoms with Crippen LogP contribution in [0.2, 0.25) is 0 Å². The van der Waals surface area contributed by atoms with Gasteiger partial charge in [0.2, 0.25) is 0 Å². The zero-order valence-corrected chi connectivity index (χ0v) is 34.6. The van der Waals surface area contributed by atoms with Crippen molar-refractivity contribution in [2.24, 2.45) is 0 Å². The van der Waals surface area contributed by atoms with Gasteiger partial charge in [0.1, 0.15) is 23.0 Å². The van der Waals surface area contributed by atoms with Gasteiger partial charge in [-0.05, 0) is 133 Å². The predicted molar refractivity (Wildman–Crippen MR) is 233 cm³/mol. The van der Waals surface area contributed by atoms with Crippen molar-refractivity contribution in [3.8, 4) is 23.0 Å². The van der Waals surface area contributed by atoms with Crippen LogP contribution in [0, 0.1) is 0 Å². The average molecular weight is 915 g/mol. The van der Waals surface area contributed by atoms with Crippen molar-refractivity contribution in [3.05, 3.63) is 172 Å². The minimum Gasteiger partial charge on any atom is -0.484 e. The van der Waals surface area contributed by atoms with Gasteiger partial charge < -0.3 is 46.6 Å². The number of rotatable bonds is 16. The summed E-state index contributed by atoms with van der Waals surface area (Å²) in [7, 11) is 0. The van der Waals surface area contributed by atoms with Crippen LogP contribution in [0.4, 0.5) is 49.1 Å². The molecule has 0 saturated heterocycles. The molecule has 0 radical (unpaired) electrons. The summed E-state index contributed by atoms with van der Waals surface area (Å²) in [6.45, 7) is -1.67. The number of hydrogen-bond acceptors (Lipinski definition) is 12. The lowest BCUT2D eigenvalue weighted by Crippen LogP contribution is -2.19. The van der Waals surface area contributed by atoms with Gasteiger partial charge in [-0.1, -0.05) is 30.3 Å². The third-order valence-corrected chi connectivity index (χ3v) is 9.66. The van der Waals surface area contributed by atoms with Crippen molar-refractivity contribution >= 4 is 46.2 Å². The van der Waals surface area contributed by atoms with Gasteiger partial charge in [0.05, 0.1) is 17.7 Å². The molecule has 0 unspecified atom stereocenters. The lowest BCUT2D eigenvalue weighted by atomic mass is 9.89. The fourth-order valence-electron chi connectivity index (χ4n) is 6.53. The lowest BCUT2D eigenvalue weighted by Gasteiger charge is -2.19. The quantitative estimate of drug-likeness (QED) is 0.0236. The Balaban J connectivity index is 1.39. The van der Waals surface area contributed by atoms with Crippen LogP contribution in [0.5, 0.6) is 23.0 Å². The van der Waals surface area contributed by atoms with Crippen LogP contribution in [0.3, 0.4) is 0 Å². The predicted octanol–water partition coefficient (Wildman–Crippen LogP) is 9.51. The van der Waals surface area contributed by atoms with E-state index in [0.717, 1.165) is 24.3 Å². The molecule has 0 fully saturated rings. The Labute approximate surface area is 373 Å². The van der Waals surface area contributed by atoms with Gasteiger partial charge in [-0.2, -0.15) is 13.2 Å². The normalized spacial score (nSPS) is 11.8. The van der Waals surface area contributed by atoms with E-state index in [0.29, 0.717) is 39.4 Å². The second-order valence-corrected chi connectivity index (χ2v) is 14.5. The van der Waals surface area contributed by atoms with Crippen LogP contribution < -0.4 is 41.9 Å². The highest BCUT2D eigenvalue weighted by Gasteiger charge is 2.31. The Morgan fingerprint density at radius 1 is 0.545 bits per heavy atom. The summed E-state index contributed by atoms with van der Waals surface area (Å²) in [5.74, 6) is -3.29. The topological polar surface area (TPSA) is 201 Å². The minimum absolute atomic E-state index is 0.0116. The van der Waals surface area contributed by atoms with Gasteiger partial charge >= 0.3 is 30.4 Å². The fraction of sp³-hybridized carbons (Fsp3) is 0.146. The molecule has 0 aliphatic carbocycles.